The molecular weight excluding hydrogens is 410 g/mol. The molecule has 0 aliphatic carbocycles. The highest BCUT2D eigenvalue weighted by Crippen LogP contribution is 2.26. The number of aryl methyl sites for hydroxylation is 1. The Labute approximate surface area is 196 Å². The van der Waals surface area contributed by atoms with E-state index in [1.54, 1.807) is 0 Å². The minimum absolute atomic E-state index is 0.0966. The van der Waals surface area contributed by atoms with Crippen LogP contribution in [-0.2, 0) is 24.2 Å². The van der Waals surface area contributed by atoms with E-state index in [9.17, 15) is 9.59 Å². The van der Waals surface area contributed by atoms with Gasteiger partial charge in [-0.2, -0.15) is 0 Å². The first-order valence-corrected chi connectivity index (χ1v) is 11.7. The van der Waals surface area contributed by atoms with Gasteiger partial charge in [0, 0.05) is 31.0 Å². The summed E-state index contributed by atoms with van der Waals surface area (Å²) in [6.45, 7) is 3.99. The molecule has 5 heteroatoms. The van der Waals surface area contributed by atoms with Gasteiger partial charge in [0.25, 0.3) is 0 Å². The second-order valence-electron chi connectivity index (χ2n) is 8.43. The molecule has 33 heavy (non-hydrogen) atoms. The largest absolute Gasteiger partial charge is 0.338 e. The molecule has 1 aliphatic rings. The van der Waals surface area contributed by atoms with Crippen LogP contribution in [0.5, 0.6) is 0 Å². The van der Waals surface area contributed by atoms with Gasteiger partial charge in [-0.25, -0.2) is 4.79 Å². The molecule has 0 saturated heterocycles. The highest BCUT2D eigenvalue weighted by molar-refractivity contribution is 6.02. The van der Waals surface area contributed by atoms with Gasteiger partial charge in [0.15, 0.2) is 0 Å². The monoisotopic (exact) mass is 441 g/mol. The number of urea groups is 1. The Morgan fingerprint density at radius 1 is 0.879 bits per heavy atom. The maximum absolute atomic E-state index is 13.0. The van der Waals surface area contributed by atoms with Gasteiger partial charge in [-0.15, -0.1) is 0 Å². The Balaban J connectivity index is 1.37. The zero-order valence-electron chi connectivity index (χ0n) is 19.2. The molecule has 0 radical (unpaired) electrons. The van der Waals surface area contributed by atoms with Gasteiger partial charge in [0.2, 0.25) is 5.91 Å². The number of carbonyl (C=O) groups is 2. The Morgan fingerprint density at radius 2 is 1.61 bits per heavy atom. The lowest BCUT2D eigenvalue weighted by Gasteiger charge is -2.23. The Kier molecular flexibility index (Phi) is 7.40. The first kappa shape index (κ1) is 22.6. The van der Waals surface area contributed by atoms with Crippen LogP contribution < -0.4 is 10.2 Å². The van der Waals surface area contributed by atoms with Crippen molar-refractivity contribution in [3.05, 3.63) is 95.6 Å². The first-order chi connectivity index (χ1) is 16.1. The molecule has 4 rings (SSSR count). The quantitative estimate of drug-likeness (QED) is 0.537. The fourth-order valence-electron chi connectivity index (χ4n) is 4.27. The second kappa shape index (κ2) is 10.8. The number of fused-ring (bicyclic) bond motifs is 1. The summed E-state index contributed by atoms with van der Waals surface area (Å²) >= 11 is 0. The number of benzene rings is 3. The number of anilines is 2. The third-order valence-corrected chi connectivity index (χ3v) is 6.12. The lowest BCUT2D eigenvalue weighted by molar-refractivity contribution is -0.130. The molecule has 3 amide bonds. The van der Waals surface area contributed by atoms with Crippen LogP contribution >= 0.6 is 0 Å². The summed E-state index contributed by atoms with van der Waals surface area (Å²) in [5, 5.41) is 3.02. The molecule has 3 aromatic carbocycles. The molecule has 0 atom stereocenters. The molecule has 0 saturated carbocycles. The van der Waals surface area contributed by atoms with Crippen molar-refractivity contribution in [2.45, 2.75) is 39.2 Å². The van der Waals surface area contributed by atoms with Crippen molar-refractivity contribution in [3.8, 4) is 0 Å². The SMILES string of the molecule is CCN(Cc1ccccc1)C(=O)Cc1ccc(NC(=O)N2CCCCc3ccccc32)cc1. The van der Waals surface area contributed by atoms with Gasteiger partial charge in [0.1, 0.15) is 0 Å². The minimum atomic E-state index is -0.117. The molecule has 1 aliphatic heterocycles. The molecule has 3 aromatic rings. The maximum Gasteiger partial charge on any atom is 0.326 e. The van der Waals surface area contributed by atoms with Crippen molar-refractivity contribution in [1.82, 2.24) is 4.90 Å². The van der Waals surface area contributed by atoms with Crippen molar-refractivity contribution < 1.29 is 9.59 Å². The van der Waals surface area contributed by atoms with E-state index in [0.717, 1.165) is 41.8 Å². The summed E-state index contributed by atoms with van der Waals surface area (Å²) in [5.41, 5.74) is 5.00. The standard InChI is InChI=1S/C28H31N3O2/c1-2-30(21-23-10-4-3-5-11-23)27(32)20-22-15-17-25(18-16-22)29-28(33)31-19-9-8-13-24-12-6-7-14-26(24)31/h3-7,10-12,14-18H,2,8-9,13,19-21H2,1H3,(H,29,33). The summed E-state index contributed by atoms with van der Waals surface area (Å²) < 4.78 is 0. The van der Waals surface area contributed by atoms with Gasteiger partial charge < -0.3 is 10.2 Å². The van der Waals surface area contributed by atoms with E-state index in [2.05, 4.69) is 11.4 Å². The van der Waals surface area contributed by atoms with Crippen LogP contribution in [0.1, 0.15) is 36.5 Å². The van der Waals surface area contributed by atoms with E-state index in [0.29, 0.717) is 26.1 Å². The number of nitrogens with one attached hydrogen (secondary N) is 1. The maximum atomic E-state index is 13.0. The lowest BCUT2D eigenvalue weighted by Crippen LogP contribution is -2.35. The summed E-state index contributed by atoms with van der Waals surface area (Å²) in [5.74, 6) is 0.0966. The predicted octanol–water partition coefficient (Wildman–Crippen LogP) is 5.65. The molecule has 1 N–H and O–H groups in total. The lowest BCUT2D eigenvalue weighted by atomic mass is 10.1. The molecule has 0 unspecified atom stereocenters. The second-order valence-corrected chi connectivity index (χ2v) is 8.43. The summed E-state index contributed by atoms with van der Waals surface area (Å²) in [4.78, 5) is 29.5. The van der Waals surface area contributed by atoms with Crippen molar-refractivity contribution in [2.24, 2.45) is 0 Å². The van der Waals surface area contributed by atoms with E-state index < -0.39 is 0 Å². The van der Waals surface area contributed by atoms with Gasteiger partial charge in [-0.3, -0.25) is 9.69 Å². The van der Waals surface area contributed by atoms with E-state index in [4.69, 9.17) is 0 Å². The molecule has 0 aromatic heterocycles. The smallest absolute Gasteiger partial charge is 0.326 e. The molecule has 1 heterocycles. The summed E-state index contributed by atoms with van der Waals surface area (Å²) in [6.07, 6.45) is 3.42. The molecule has 170 valence electrons. The predicted molar refractivity (Wildman–Crippen MR) is 133 cm³/mol. The van der Waals surface area contributed by atoms with E-state index in [1.165, 1.54) is 5.56 Å². The molecular formula is C28H31N3O2. The topological polar surface area (TPSA) is 52.7 Å². The fraction of sp³-hybridized carbons (Fsp3) is 0.286. The van der Waals surface area contributed by atoms with E-state index in [1.807, 2.05) is 89.5 Å². The number of hydrogen-bond acceptors (Lipinski definition) is 2. The fourth-order valence-corrected chi connectivity index (χ4v) is 4.27. The normalized spacial score (nSPS) is 13.1. The third kappa shape index (κ3) is 5.80. The van der Waals surface area contributed by atoms with Crippen molar-refractivity contribution in [2.75, 3.05) is 23.3 Å². The Morgan fingerprint density at radius 3 is 2.36 bits per heavy atom. The Bertz CT molecular complexity index is 1080. The molecule has 0 fully saturated rings. The number of carbonyl (C=O) groups excluding carboxylic acids is 2. The highest BCUT2D eigenvalue weighted by atomic mass is 16.2. The van der Waals surface area contributed by atoms with Gasteiger partial charge in [-0.1, -0.05) is 60.7 Å². The van der Waals surface area contributed by atoms with Crippen molar-refractivity contribution in [1.29, 1.82) is 0 Å². The van der Waals surface area contributed by atoms with Crippen LogP contribution in [0.25, 0.3) is 0 Å². The number of amides is 3. The molecule has 0 bridgehead atoms. The highest BCUT2D eigenvalue weighted by Gasteiger charge is 2.21. The average Bonchev–Trinajstić information content (AvgIpc) is 3.07. The van der Waals surface area contributed by atoms with Gasteiger partial charge in [-0.05, 0) is 61.1 Å². The van der Waals surface area contributed by atoms with Crippen LogP contribution in [0, 0.1) is 0 Å². The molecule has 5 nitrogen and oxygen atoms in total. The number of hydrogen-bond donors (Lipinski definition) is 1. The molecule has 0 spiro atoms. The number of rotatable bonds is 6. The first-order valence-electron chi connectivity index (χ1n) is 11.7. The van der Waals surface area contributed by atoms with Crippen LogP contribution in [0.15, 0.2) is 78.9 Å². The van der Waals surface area contributed by atoms with Gasteiger partial charge in [0.05, 0.1) is 6.42 Å². The average molecular weight is 442 g/mol. The van der Waals surface area contributed by atoms with E-state index in [-0.39, 0.29) is 11.9 Å². The van der Waals surface area contributed by atoms with Crippen LogP contribution in [-0.4, -0.2) is 29.9 Å². The number of likely N-dealkylation sites (N-methyl/N-ethyl adjacent to an activating group) is 1. The van der Waals surface area contributed by atoms with Crippen LogP contribution in [0.2, 0.25) is 0 Å². The summed E-state index contributed by atoms with van der Waals surface area (Å²) in [6, 6.07) is 25.6. The van der Waals surface area contributed by atoms with Crippen molar-refractivity contribution in [3.63, 3.8) is 0 Å². The Hall–Kier alpha value is -3.60. The van der Waals surface area contributed by atoms with E-state index >= 15 is 0 Å². The third-order valence-electron chi connectivity index (χ3n) is 6.12. The zero-order valence-corrected chi connectivity index (χ0v) is 19.2. The van der Waals surface area contributed by atoms with Crippen LogP contribution in [0.3, 0.4) is 0 Å². The summed E-state index contributed by atoms with van der Waals surface area (Å²) in [7, 11) is 0. The zero-order chi connectivity index (χ0) is 23.0. The van der Waals surface area contributed by atoms with Crippen molar-refractivity contribution >= 4 is 23.3 Å². The van der Waals surface area contributed by atoms with Crippen LogP contribution in [0.4, 0.5) is 16.2 Å². The number of para-hydroxylation sites is 1. The van der Waals surface area contributed by atoms with Gasteiger partial charge >= 0.3 is 6.03 Å². The number of nitrogens with zero attached hydrogens (tertiary/aromatic N) is 2. The minimum Gasteiger partial charge on any atom is -0.338 e.